The van der Waals surface area contributed by atoms with Gasteiger partial charge in [0, 0.05) is 18.0 Å². The second kappa shape index (κ2) is 8.56. The number of para-hydroxylation sites is 1. The van der Waals surface area contributed by atoms with Crippen molar-refractivity contribution in [3.05, 3.63) is 54.6 Å². The molecular weight excluding hydrogens is 290 g/mol. The van der Waals surface area contributed by atoms with E-state index in [1.165, 1.54) is 6.42 Å². The van der Waals surface area contributed by atoms with Crippen LogP contribution in [0.5, 0.6) is 5.75 Å². The van der Waals surface area contributed by atoms with Gasteiger partial charge in [-0.1, -0.05) is 18.2 Å². The molecule has 1 aliphatic heterocycles. The molecule has 0 unspecified atom stereocenters. The topological polar surface area (TPSA) is 39.7 Å². The quantitative estimate of drug-likeness (QED) is 0.771. The summed E-state index contributed by atoms with van der Waals surface area (Å²) in [5.41, 5.74) is 2.11. The van der Waals surface area contributed by atoms with E-state index in [-0.39, 0.29) is 6.29 Å². The van der Waals surface area contributed by atoms with Crippen LogP contribution < -0.4 is 10.1 Å². The minimum absolute atomic E-state index is 0.0511. The fourth-order valence-electron chi connectivity index (χ4n) is 2.50. The van der Waals surface area contributed by atoms with Gasteiger partial charge in [-0.05, 0) is 55.7 Å². The lowest BCUT2D eigenvalue weighted by molar-refractivity contribution is -0.165. The summed E-state index contributed by atoms with van der Waals surface area (Å²) >= 11 is 0. The van der Waals surface area contributed by atoms with Crippen molar-refractivity contribution in [2.24, 2.45) is 0 Å². The minimum Gasteiger partial charge on any atom is -0.491 e. The number of hydrogen-bond acceptors (Lipinski definition) is 4. The van der Waals surface area contributed by atoms with E-state index in [4.69, 9.17) is 14.2 Å². The second-order valence-electron chi connectivity index (χ2n) is 5.53. The molecule has 0 aromatic heterocycles. The summed E-state index contributed by atoms with van der Waals surface area (Å²) in [6.45, 7) is 1.89. The smallest absolute Gasteiger partial charge is 0.157 e. The average molecular weight is 313 g/mol. The molecule has 1 heterocycles. The summed E-state index contributed by atoms with van der Waals surface area (Å²) in [5.74, 6) is 0.844. The minimum atomic E-state index is -0.0511. The Morgan fingerprint density at radius 3 is 2.43 bits per heavy atom. The summed E-state index contributed by atoms with van der Waals surface area (Å²) in [4.78, 5) is 0. The molecule has 0 spiro atoms. The first-order valence-electron chi connectivity index (χ1n) is 8.18. The van der Waals surface area contributed by atoms with Crippen LogP contribution in [0.4, 0.5) is 11.4 Å². The number of rotatable bonds is 7. The molecule has 2 aromatic carbocycles. The van der Waals surface area contributed by atoms with E-state index in [1.807, 2.05) is 54.6 Å². The molecule has 0 radical (unpaired) electrons. The zero-order valence-corrected chi connectivity index (χ0v) is 13.2. The number of hydrogen-bond donors (Lipinski definition) is 1. The van der Waals surface area contributed by atoms with Crippen molar-refractivity contribution in [2.45, 2.75) is 25.6 Å². The maximum atomic E-state index is 5.69. The third-order valence-corrected chi connectivity index (χ3v) is 3.71. The third-order valence-electron chi connectivity index (χ3n) is 3.71. The Kier molecular flexibility index (Phi) is 5.89. The summed E-state index contributed by atoms with van der Waals surface area (Å²) in [6.07, 6.45) is 3.26. The Morgan fingerprint density at radius 1 is 0.913 bits per heavy atom. The maximum absolute atomic E-state index is 5.69. The Hall–Kier alpha value is -2.04. The van der Waals surface area contributed by atoms with Gasteiger partial charge in [-0.25, -0.2) is 0 Å². The van der Waals surface area contributed by atoms with E-state index in [0.29, 0.717) is 13.2 Å². The molecule has 1 fully saturated rings. The zero-order chi connectivity index (χ0) is 15.7. The Morgan fingerprint density at radius 2 is 1.70 bits per heavy atom. The van der Waals surface area contributed by atoms with Crippen LogP contribution in [0.25, 0.3) is 0 Å². The van der Waals surface area contributed by atoms with Gasteiger partial charge in [0.25, 0.3) is 0 Å². The van der Waals surface area contributed by atoms with Gasteiger partial charge in [0.05, 0.1) is 6.61 Å². The summed E-state index contributed by atoms with van der Waals surface area (Å²) in [7, 11) is 0. The van der Waals surface area contributed by atoms with Crippen LogP contribution in [0, 0.1) is 0 Å². The van der Waals surface area contributed by atoms with Crippen LogP contribution in [0.3, 0.4) is 0 Å². The standard InChI is InChI=1S/C19H23NO3/c1-2-6-16(7-3-1)20-17-9-11-18(12-10-17)21-14-15-23-19-8-4-5-13-22-19/h1-3,6-7,9-12,19-20H,4-5,8,13-15H2/t19-/m0/s1. The molecule has 1 atom stereocenters. The molecule has 4 nitrogen and oxygen atoms in total. The van der Waals surface area contributed by atoms with Crippen molar-refractivity contribution >= 4 is 11.4 Å². The van der Waals surface area contributed by atoms with E-state index in [1.54, 1.807) is 0 Å². The SMILES string of the molecule is c1ccc(Nc2ccc(OCCO[C@H]3CCCCO3)cc2)cc1. The molecule has 1 aliphatic rings. The van der Waals surface area contributed by atoms with Crippen LogP contribution in [-0.2, 0) is 9.47 Å². The summed E-state index contributed by atoms with van der Waals surface area (Å²) < 4.78 is 16.9. The number of benzene rings is 2. The highest BCUT2D eigenvalue weighted by atomic mass is 16.7. The van der Waals surface area contributed by atoms with E-state index in [2.05, 4.69) is 5.32 Å². The molecule has 1 N–H and O–H groups in total. The van der Waals surface area contributed by atoms with Gasteiger partial charge in [0.1, 0.15) is 12.4 Å². The van der Waals surface area contributed by atoms with Crippen LogP contribution in [-0.4, -0.2) is 26.1 Å². The monoisotopic (exact) mass is 313 g/mol. The first-order valence-corrected chi connectivity index (χ1v) is 8.18. The van der Waals surface area contributed by atoms with Gasteiger partial charge in [-0.2, -0.15) is 0 Å². The lowest BCUT2D eigenvalue weighted by Gasteiger charge is -2.22. The molecule has 122 valence electrons. The number of ether oxygens (including phenoxy) is 3. The van der Waals surface area contributed by atoms with E-state index in [0.717, 1.165) is 36.6 Å². The molecule has 0 aliphatic carbocycles. The van der Waals surface area contributed by atoms with E-state index >= 15 is 0 Å². The fraction of sp³-hybridized carbons (Fsp3) is 0.368. The molecule has 0 amide bonds. The maximum Gasteiger partial charge on any atom is 0.157 e. The van der Waals surface area contributed by atoms with Gasteiger partial charge in [0.2, 0.25) is 0 Å². The fourth-order valence-corrected chi connectivity index (χ4v) is 2.50. The molecule has 3 rings (SSSR count). The predicted octanol–water partition coefficient (Wildman–Crippen LogP) is 4.35. The van der Waals surface area contributed by atoms with Crippen molar-refractivity contribution in [2.75, 3.05) is 25.1 Å². The van der Waals surface area contributed by atoms with Crippen molar-refractivity contribution in [1.29, 1.82) is 0 Å². The molecule has 2 aromatic rings. The summed E-state index contributed by atoms with van der Waals surface area (Å²) in [5, 5.41) is 3.34. The Bertz CT molecular complexity index is 565. The lowest BCUT2D eigenvalue weighted by atomic mass is 10.2. The Balaban J connectivity index is 1.39. The Labute approximate surface area is 137 Å². The molecule has 1 saturated heterocycles. The average Bonchev–Trinajstić information content (AvgIpc) is 2.62. The van der Waals surface area contributed by atoms with Gasteiger partial charge >= 0.3 is 0 Å². The largest absolute Gasteiger partial charge is 0.491 e. The number of nitrogens with one attached hydrogen (secondary N) is 1. The van der Waals surface area contributed by atoms with Crippen LogP contribution in [0.15, 0.2) is 54.6 Å². The van der Waals surface area contributed by atoms with Crippen molar-refractivity contribution in [1.82, 2.24) is 0 Å². The highest BCUT2D eigenvalue weighted by Gasteiger charge is 2.13. The molecule has 4 heteroatoms. The molecule has 23 heavy (non-hydrogen) atoms. The van der Waals surface area contributed by atoms with E-state index in [9.17, 15) is 0 Å². The second-order valence-corrected chi connectivity index (χ2v) is 5.53. The summed E-state index contributed by atoms with van der Waals surface area (Å²) in [6, 6.07) is 18.0. The highest BCUT2D eigenvalue weighted by Crippen LogP contribution is 2.20. The van der Waals surface area contributed by atoms with Crippen LogP contribution >= 0.6 is 0 Å². The van der Waals surface area contributed by atoms with Crippen molar-refractivity contribution in [3.63, 3.8) is 0 Å². The van der Waals surface area contributed by atoms with E-state index < -0.39 is 0 Å². The first-order chi connectivity index (χ1) is 11.4. The normalized spacial score (nSPS) is 17.7. The molecular formula is C19H23NO3. The highest BCUT2D eigenvalue weighted by molar-refractivity contribution is 5.59. The molecule has 0 saturated carbocycles. The third kappa shape index (κ3) is 5.27. The first kappa shape index (κ1) is 15.8. The van der Waals surface area contributed by atoms with Gasteiger partial charge in [0.15, 0.2) is 6.29 Å². The van der Waals surface area contributed by atoms with Crippen LogP contribution in [0.2, 0.25) is 0 Å². The van der Waals surface area contributed by atoms with Crippen molar-refractivity contribution in [3.8, 4) is 5.75 Å². The molecule has 0 bridgehead atoms. The lowest BCUT2D eigenvalue weighted by Crippen LogP contribution is -2.24. The van der Waals surface area contributed by atoms with Gasteiger partial charge < -0.3 is 19.5 Å². The number of anilines is 2. The van der Waals surface area contributed by atoms with Gasteiger partial charge in [-0.3, -0.25) is 0 Å². The van der Waals surface area contributed by atoms with Gasteiger partial charge in [-0.15, -0.1) is 0 Å². The predicted molar refractivity (Wildman–Crippen MR) is 91.2 cm³/mol. The van der Waals surface area contributed by atoms with Crippen molar-refractivity contribution < 1.29 is 14.2 Å². The van der Waals surface area contributed by atoms with Crippen LogP contribution in [0.1, 0.15) is 19.3 Å². The zero-order valence-electron chi connectivity index (χ0n) is 13.2.